The Morgan fingerprint density at radius 1 is 1.03 bits per heavy atom. The van der Waals surface area contributed by atoms with Gasteiger partial charge in [0.2, 0.25) is 0 Å². The van der Waals surface area contributed by atoms with E-state index in [9.17, 15) is 19.1 Å². The number of benzene rings is 3. The molecule has 3 aromatic carbocycles. The van der Waals surface area contributed by atoms with Gasteiger partial charge in [0.05, 0.1) is 17.7 Å². The summed E-state index contributed by atoms with van der Waals surface area (Å²) >= 11 is 6.03. The second kappa shape index (κ2) is 9.08. The largest absolute Gasteiger partial charge is 0.507 e. The number of carbonyl (C=O) groups is 2. The fourth-order valence-corrected chi connectivity index (χ4v) is 3.96. The molecule has 0 aromatic heterocycles. The second-order valence-electron chi connectivity index (χ2n) is 7.89. The van der Waals surface area contributed by atoms with Crippen molar-refractivity contribution >= 4 is 34.7 Å². The van der Waals surface area contributed by atoms with Gasteiger partial charge >= 0.3 is 0 Å². The fourth-order valence-electron chi connectivity index (χ4n) is 3.83. The molecule has 1 amide bonds. The summed E-state index contributed by atoms with van der Waals surface area (Å²) in [6, 6.07) is 17.7. The number of amides is 1. The lowest BCUT2D eigenvalue weighted by Gasteiger charge is -2.25. The summed E-state index contributed by atoms with van der Waals surface area (Å²) in [5, 5.41) is 11.7. The minimum atomic E-state index is -0.973. The molecule has 7 heteroatoms. The van der Waals surface area contributed by atoms with Crippen LogP contribution in [0.4, 0.5) is 10.1 Å². The number of Topliss-reactive ketones (excluding diaryl/α,β-unsaturated/α-hetero) is 1. The molecular weight excluding hydrogens is 445 g/mol. The van der Waals surface area contributed by atoms with Crippen molar-refractivity contribution in [2.75, 3.05) is 4.90 Å². The molecule has 1 aliphatic rings. The molecule has 3 aromatic rings. The summed E-state index contributed by atoms with van der Waals surface area (Å²) in [4.78, 5) is 27.4. The zero-order chi connectivity index (χ0) is 23.7. The molecule has 0 radical (unpaired) electrons. The maximum Gasteiger partial charge on any atom is 0.300 e. The first-order valence-electron chi connectivity index (χ1n) is 10.4. The van der Waals surface area contributed by atoms with E-state index >= 15 is 0 Å². The van der Waals surface area contributed by atoms with Crippen LogP contribution in [0.1, 0.15) is 31.0 Å². The summed E-state index contributed by atoms with van der Waals surface area (Å²) in [7, 11) is 0. The number of anilines is 1. The van der Waals surface area contributed by atoms with Crippen LogP contribution in [0.2, 0.25) is 5.02 Å². The van der Waals surface area contributed by atoms with Gasteiger partial charge < -0.3 is 9.84 Å². The van der Waals surface area contributed by atoms with Gasteiger partial charge in [-0.3, -0.25) is 14.5 Å². The monoisotopic (exact) mass is 465 g/mol. The molecule has 33 heavy (non-hydrogen) atoms. The molecule has 1 heterocycles. The minimum Gasteiger partial charge on any atom is -0.507 e. The molecule has 1 fully saturated rings. The maximum absolute atomic E-state index is 14.0. The molecular formula is C26H21ClFNO4. The van der Waals surface area contributed by atoms with Gasteiger partial charge in [-0.05, 0) is 61.9 Å². The topological polar surface area (TPSA) is 66.8 Å². The van der Waals surface area contributed by atoms with Crippen molar-refractivity contribution in [1.82, 2.24) is 0 Å². The quantitative estimate of drug-likeness (QED) is 0.290. The average Bonchev–Trinajstić information content (AvgIpc) is 3.04. The van der Waals surface area contributed by atoms with E-state index in [-0.39, 0.29) is 23.1 Å². The zero-order valence-electron chi connectivity index (χ0n) is 18.0. The first-order valence-corrected chi connectivity index (χ1v) is 10.7. The van der Waals surface area contributed by atoms with E-state index in [1.54, 1.807) is 48.5 Å². The first kappa shape index (κ1) is 22.6. The van der Waals surface area contributed by atoms with Crippen LogP contribution in [0, 0.1) is 5.82 Å². The highest BCUT2D eigenvalue weighted by molar-refractivity contribution is 6.51. The minimum absolute atomic E-state index is 0.0879. The van der Waals surface area contributed by atoms with Crippen LogP contribution in [-0.4, -0.2) is 22.9 Å². The lowest BCUT2D eigenvalue weighted by Crippen LogP contribution is -2.29. The van der Waals surface area contributed by atoms with Crippen molar-refractivity contribution in [2.24, 2.45) is 0 Å². The van der Waals surface area contributed by atoms with E-state index in [0.29, 0.717) is 21.9 Å². The first-order chi connectivity index (χ1) is 15.8. The molecule has 1 aliphatic heterocycles. The Labute approximate surface area is 195 Å². The van der Waals surface area contributed by atoms with Crippen LogP contribution in [0.3, 0.4) is 0 Å². The number of aliphatic hydroxyl groups excluding tert-OH is 1. The van der Waals surface area contributed by atoms with E-state index in [1.807, 2.05) is 13.8 Å². The Hall–Kier alpha value is -3.64. The number of aliphatic hydroxyl groups is 1. The third kappa shape index (κ3) is 4.47. The van der Waals surface area contributed by atoms with Crippen molar-refractivity contribution in [2.45, 2.75) is 26.0 Å². The number of hydrogen-bond donors (Lipinski definition) is 1. The Morgan fingerprint density at radius 2 is 1.73 bits per heavy atom. The predicted molar refractivity (Wildman–Crippen MR) is 125 cm³/mol. The van der Waals surface area contributed by atoms with Crippen LogP contribution >= 0.6 is 11.6 Å². The highest BCUT2D eigenvalue weighted by atomic mass is 35.5. The summed E-state index contributed by atoms with van der Waals surface area (Å²) in [5.41, 5.74) is 0.963. The van der Waals surface area contributed by atoms with E-state index in [1.165, 1.54) is 29.2 Å². The number of halogens is 2. The van der Waals surface area contributed by atoms with Gasteiger partial charge in [0, 0.05) is 16.3 Å². The third-order valence-electron chi connectivity index (χ3n) is 5.20. The number of ether oxygens (including phenoxy) is 1. The van der Waals surface area contributed by atoms with E-state index < -0.39 is 23.5 Å². The molecule has 5 nitrogen and oxygen atoms in total. The van der Waals surface area contributed by atoms with Crippen molar-refractivity contribution < 1.29 is 23.8 Å². The van der Waals surface area contributed by atoms with Crippen molar-refractivity contribution in [1.29, 1.82) is 0 Å². The Kier molecular flexibility index (Phi) is 6.20. The van der Waals surface area contributed by atoms with E-state index in [4.69, 9.17) is 16.3 Å². The van der Waals surface area contributed by atoms with Crippen LogP contribution in [0.5, 0.6) is 5.75 Å². The number of hydrogen-bond acceptors (Lipinski definition) is 4. The normalized spacial score (nSPS) is 17.6. The van der Waals surface area contributed by atoms with Crippen LogP contribution in [-0.2, 0) is 9.59 Å². The molecule has 168 valence electrons. The van der Waals surface area contributed by atoms with Gasteiger partial charge in [-0.15, -0.1) is 0 Å². The van der Waals surface area contributed by atoms with Gasteiger partial charge in [0.1, 0.15) is 17.3 Å². The van der Waals surface area contributed by atoms with E-state index in [2.05, 4.69) is 0 Å². The molecule has 1 saturated heterocycles. The smallest absolute Gasteiger partial charge is 0.300 e. The molecule has 0 bridgehead atoms. The third-order valence-corrected chi connectivity index (χ3v) is 5.45. The number of rotatable bonds is 5. The SMILES string of the molecule is CC(C)Oc1cccc(/C(O)=C2\C(=O)C(=O)N(c3cccc(F)c3)C2c2ccc(Cl)cc2)c1. The van der Waals surface area contributed by atoms with Gasteiger partial charge in [0.15, 0.2) is 0 Å². The molecule has 1 atom stereocenters. The predicted octanol–water partition coefficient (Wildman–Crippen LogP) is 5.89. The Bertz CT molecular complexity index is 1250. The molecule has 0 spiro atoms. The summed E-state index contributed by atoms with van der Waals surface area (Å²) in [6.07, 6.45) is -0.0879. The lowest BCUT2D eigenvalue weighted by molar-refractivity contribution is -0.132. The lowest BCUT2D eigenvalue weighted by atomic mass is 9.95. The number of ketones is 1. The van der Waals surface area contributed by atoms with Gasteiger partial charge in [-0.1, -0.05) is 41.9 Å². The average molecular weight is 466 g/mol. The molecule has 0 saturated carbocycles. The van der Waals surface area contributed by atoms with Crippen LogP contribution < -0.4 is 9.64 Å². The number of nitrogens with zero attached hydrogens (tertiary/aromatic N) is 1. The molecule has 1 unspecified atom stereocenters. The van der Waals surface area contributed by atoms with Crippen molar-refractivity contribution in [3.8, 4) is 5.75 Å². The van der Waals surface area contributed by atoms with Crippen molar-refractivity contribution in [3.05, 3.63) is 100 Å². The zero-order valence-corrected chi connectivity index (χ0v) is 18.7. The van der Waals surface area contributed by atoms with E-state index in [0.717, 1.165) is 0 Å². The maximum atomic E-state index is 14.0. The van der Waals surface area contributed by atoms with Crippen LogP contribution in [0.25, 0.3) is 5.76 Å². The molecule has 4 rings (SSSR count). The highest BCUT2D eigenvalue weighted by Gasteiger charge is 2.47. The number of carbonyl (C=O) groups excluding carboxylic acids is 2. The Morgan fingerprint density at radius 3 is 2.39 bits per heavy atom. The Balaban J connectivity index is 1.91. The van der Waals surface area contributed by atoms with Gasteiger partial charge in [-0.25, -0.2) is 4.39 Å². The van der Waals surface area contributed by atoms with Crippen LogP contribution in [0.15, 0.2) is 78.4 Å². The van der Waals surface area contributed by atoms with Gasteiger partial charge in [0.25, 0.3) is 11.7 Å². The molecule has 1 N–H and O–H groups in total. The van der Waals surface area contributed by atoms with Crippen molar-refractivity contribution in [3.63, 3.8) is 0 Å². The summed E-state index contributed by atoms with van der Waals surface area (Å²) < 4.78 is 19.7. The fraction of sp³-hybridized carbons (Fsp3) is 0.154. The highest BCUT2D eigenvalue weighted by Crippen LogP contribution is 2.42. The molecule has 0 aliphatic carbocycles. The standard InChI is InChI=1S/C26H21ClFNO4/c1-15(2)33-21-8-3-5-17(13-21)24(30)22-23(16-9-11-18(27)12-10-16)29(26(32)25(22)31)20-7-4-6-19(28)14-20/h3-15,23,30H,1-2H3/b24-22+. The summed E-state index contributed by atoms with van der Waals surface area (Å²) in [5.74, 6) is -2.12. The second-order valence-corrected chi connectivity index (χ2v) is 8.33. The van der Waals surface area contributed by atoms with Gasteiger partial charge in [-0.2, -0.15) is 0 Å². The summed E-state index contributed by atoms with van der Waals surface area (Å²) in [6.45, 7) is 3.75.